The number of rotatable bonds is 17. The minimum atomic E-state index is 0.795. The lowest BCUT2D eigenvalue weighted by Gasteiger charge is -2.14. The fourth-order valence-electron chi connectivity index (χ4n) is 21.2. The first kappa shape index (κ1) is 87.5. The molecule has 11 nitrogen and oxygen atoms in total. The van der Waals surface area contributed by atoms with Gasteiger partial charge in [0.2, 0.25) is 0 Å². The summed E-state index contributed by atoms with van der Waals surface area (Å²) in [6.45, 7) is 0. The largest absolute Gasteiger partial charge is 0.309 e. The maximum Gasteiger partial charge on any atom is 0.168 e. The molecular formula is C132H85N11S4. The minimum Gasteiger partial charge on any atom is -0.309 e. The van der Waals surface area contributed by atoms with E-state index in [1.54, 1.807) is 11.3 Å². The van der Waals surface area contributed by atoms with E-state index in [9.17, 15) is 0 Å². The van der Waals surface area contributed by atoms with Gasteiger partial charge in [-0.25, -0.2) is 0 Å². The highest BCUT2D eigenvalue weighted by molar-refractivity contribution is 7.25. The number of fused-ring (bicyclic) bond motifs is 15. The third kappa shape index (κ3) is 15.6. The fourth-order valence-corrected chi connectivity index (χ4v) is 26.2. The molecule has 0 radical (unpaired) electrons. The van der Waals surface area contributed by atoms with Gasteiger partial charge in [0.05, 0.1) is 38.8 Å². The van der Waals surface area contributed by atoms with Crippen molar-refractivity contribution in [1.82, 2.24) is 53.4 Å². The predicted molar refractivity (Wildman–Crippen MR) is 617 cm³/mol. The smallest absolute Gasteiger partial charge is 0.168 e. The van der Waals surface area contributed by atoms with Crippen LogP contribution < -0.4 is 0 Å². The summed E-state index contributed by atoms with van der Waals surface area (Å²) in [6.07, 6.45) is 0. The molecule has 0 unspecified atom stereocenters. The zero-order valence-corrected chi connectivity index (χ0v) is 82.4. The molecule has 147 heavy (non-hydrogen) atoms. The number of nitrogens with zero attached hydrogens (tertiary/aromatic N) is 11. The SMILES string of the molecule is c1ccc(-c2nnc(-c3cccc(-n4c5ccccc5c5c6sc(-c7ccccc7)c(-c7ccccc7)c6ccc54)c3)s2)cc1.c1ccc(-c2sc3c(ccc4c3c3ccccc3n4-c3cccc(-c4nnc(-c5ccccc5)n4-c4ccccc4)c3)c2-c2ccccc2)cc1.c1ccc(-c2sc3c(ccc4c3c3ccccc3n4-c3cccc(-n4c(-c5ccccc5)nnc4-c4ccccc4)c3)c2-c2ccccc2)cc1. The monoisotopic (exact) mass is 1950 g/mol. The standard InChI is InChI=1S/2C46H30N4S.C40H25N3S2/c1-5-16-31(17-6-1)41-38-28-29-40-42(44(38)51-43(41)32-18-7-2-8-19-32)37-26-13-14-27-39(37)49(40)36-25-15-22-34(30-36)46-48-47-45(33-20-9-3-10-21-33)50(46)35-23-11-4-12-24-35;1-5-16-31(17-6-1)41-38-28-29-40-42(44(38)51-43(41)32-18-7-2-8-19-32)37-26-13-14-27-39(37)49(40)35-24-15-25-36(30-35)50-45(33-20-9-3-10-21-33)47-48-46(50)34-22-11-4-12-23-34;1-4-13-26(14-5-1)35-32-23-24-34-36(38(32)44-37(35)27-15-6-2-7-16-27)31-21-10-11-22-33(31)43(34)30-20-12-19-29(25-30)40-42-41-39(45-40)28-17-8-3-9-18-28/h2*1-30H;1-25H. The van der Waals surface area contributed by atoms with Gasteiger partial charge in [-0.3, -0.25) is 9.13 Å². The normalized spacial score (nSPS) is 11.5. The number of hydrogen-bond donors (Lipinski definition) is 0. The van der Waals surface area contributed by atoms with Crippen LogP contribution in [0.15, 0.2) is 516 Å². The molecule has 20 aromatic carbocycles. The Hall–Kier alpha value is -18.5. The van der Waals surface area contributed by atoms with Crippen molar-refractivity contribution in [3.8, 4) is 160 Å². The fraction of sp³-hybridized carbons (Fsp3) is 0. The highest BCUT2D eigenvalue weighted by atomic mass is 32.1. The lowest BCUT2D eigenvalue weighted by atomic mass is 9.98. The van der Waals surface area contributed by atoms with Gasteiger partial charge in [0.1, 0.15) is 10.0 Å². The van der Waals surface area contributed by atoms with E-state index >= 15 is 0 Å². The number of benzene rings is 20. The molecule has 0 aliphatic heterocycles. The highest BCUT2D eigenvalue weighted by Crippen LogP contribution is 2.55. The Kier molecular flexibility index (Phi) is 22.5. The number of thiophene rings is 3. The highest BCUT2D eigenvalue weighted by Gasteiger charge is 2.29. The van der Waals surface area contributed by atoms with Gasteiger partial charge in [-0.05, 0) is 124 Å². The van der Waals surface area contributed by atoms with Crippen LogP contribution in [0.3, 0.4) is 0 Å². The molecule has 0 amide bonds. The van der Waals surface area contributed by atoms with Crippen molar-refractivity contribution < 1.29 is 0 Å². The first-order valence-electron chi connectivity index (χ1n) is 49.1. The van der Waals surface area contributed by atoms with Crippen LogP contribution in [0.5, 0.6) is 0 Å². The van der Waals surface area contributed by atoms with Crippen molar-refractivity contribution in [2.75, 3.05) is 0 Å². The maximum atomic E-state index is 4.80. The molecule has 9 aromatic heterocycles. The van der Waals surface area contributed by atoms with Gasteiger partial charge in [0.15, 0.2) is 23.3 Å². The van der Waals surface area contributed by atoms with Gasteiger partial charge in [-0.2, -0.15) is 0 Å². The summed E-state index contributed by atoms with van der Waals surface area (Å²) in [5.41, 5.74) is 29.8. The van der Waals surface area contributed by atoms with Crippen LogP contribution in [0, 0.1) is 0 Å². The molecule has 0 atom stereocenters. The molecule has 29 rings (SSSR count). The van der Waals surface area contributed by atoms with Gasteiger partial charge in [0.25, 0.3) is 0 Å². The van der Waals surface area contributed by atoms with Crippen molar-refractivity contribution in [1.29, 1.82) is 0 Å². The molecule has 15 heteroatoms. The molecule has 9 heterocycles. The second-order valence-electron chi connectivity index (χ2n) is 36.4. The topological polar surface area (TPSA) is 102 Å². The van der Waals surface area contributed by atoms with E-state index in [2.05, 4.69) is 470 Å². The molecule has 29 aromatic rings. The number of aromatic nitrogens is 11. The van der Waals surface area contributed by atoms with Crippen LogP contribution in [0.1, 0.15) is 0 Å². The van der Waals surface area contributed by atoms with E-state index in [1.165, 1.54) is 160 Å². The van der Waals surface area contributed by atoms with Crippen molar-refractivity contribution in [3.63, 3.8) is 0 Å². The summed E-state index contributed by atoms with van der Waals surface area (Å²) >= 11 is 7.30. The van der Waals surface area contributed by atoms with Gasteiger partial charge in [-0.15, -0.1) is 64.6 Å². The van der Waals surface area contributed by atoms with E-state index in [0.29, 0.717) is 0 Å². The Balaban J connectivity index is 0.000000109. The minimum absolute atomic E-state index is 0.795. The van der Waals surface area contributed by atoms with Crippen LogP contribution in [0.25, 0.3) is 256 Å². The summed E-state index contributed by atoms with van der Waals surface area (Å²) in [5.74, 6) is 3.21. The molecule has 0 aliphatic carbocycles. The average Bonchev–Trinajstić information content (AvgIpc) is 1.56. The molecule has 0 N–H and O–H groups in total. The first-order valence-corrected chi connectivity index (χ1v) is 52.4. The number of para-hydroxylation sites is 4. The zero-order valence-electron chi connectivity index (χ0n) is 79.1. The molecule has 0 bridgehead atoms. The first-order chi connectivity index (χ1) is 73.0. The second-order valence-corrected chi connectivity index (χ2v) is 40.4. The molecule has 0 fully saturated rings. The molecule has 0 saturated heterocycles. The van der Waals surface area contributed by atoms with E-state index in [1.807, 2.05) is 113 Å². The maximum absolute atomic E-state index is 4.80. The summed E-state index contributed by atoms with van der Waals surface area (Å²) in [4.78, 5) is 3.88. The zero-order chi connectivity index (χ0) is 97.2. The summed E-state index contributed by atoms with van der Waals surface area (Å²) in [6, 6.07) is 183. The van der Waals surface area contributed by atoms with Gasteiger partial charge < -0.3 is 13.7 Å². The Morgan fingerprint density at radius 3 is 0.728 bits per heavy atom. The molecular weight excluding hydrogens is 1870 g/mol. The third-order valence-electron chi connectivity index (χ3n) is 27.7. The molecule has 0 spiro atoms. The lowest BCUT2D eigenvalue weighted by molar-refractivity contribution is 1.06. The van der Waals surface area contributed by atoms with Crippen LogP contribution in [0.4, 0.5) is 0 Å². The van der Waals surface area contributed by atoms with Crippen LogP contribution in [-0.2, 0) is 0 Å². The van der Waals surface area contributed by atoms with Gasteiger partial charge in [-0.1, -0.05) is 436 Å². The third-order valence-corrected chi connectivity index (χ3v) is 32.5. The van der Waals surface area contributed by atoms with Crippen molar-refractivity contribution in [2.24, 2.45) is 0 Å². The van der Waals surface area contributed by atoms with Gasteiger partial charge >= 0.3 is 0 Å². The van der Waals surface area contributed by atoms with E-state index in [0.717, 1.165) is 95.1 Å². The Labute approximate surface area is 863 Å². The predicted octanol–water partition coefficient (Wildman–Crippen LogP) is 36.0. The summed E-state index contributed by atoms with van der Waals surface area (Å²) in [5, 5.41) is 41.4. The van der Waals surface area contributed by atoms with Crippen LogP contribution in [-0.4, -0.2) is 53.4 Å². The van der Waals surface area contributed by atoms with Gasteiger partial charge in [0, 0.05) is 150 Å². The summed E-state index contributed by atoms with van der Waals surface area (Å²) < 4.78 is 15.5. The number of hydrogen-bond acceptors (Lipinski definition) is 10. The van der Waals surface area contributed by atoms with Crippen molar-refractivity contribution >= 4 is 141 Å². The van der Waals surface area contributed by atoms with Crippen molar-refractivity contribution in [3.05, 3.63) is 516 Å². The van der Waals surface area contributed by atoms with Crippen LogP contribution >= 0.6 is 45.3 Å². The Morgan fingerprint density at radius 1 is 0.143 bits per heavy atom. The second kappa shape index (κ2) is 37.8. The molecule has 0 saturated carbocycles. The summed E-state index contributed by atoms with van der Waals surface area (Å²) in [7, 11) is 0. The van der Waals surface area contributed by atoms with E-state index in [4.69, 9.17) is 20.4 Å². The van der Waals surface area contributed by atoms with E-state index < -0.39 is 0 Å². The van der Waals surface area contributed by atoms with Crippen LogP contribution in [0.2, 0.25) is 0 Å². The Morgan fingerprint density at radius 2 is 0.381 bits per heavy atom. The molecule has 692 valence electrons. The average molecular weight is 1950 g/mol. The lowest BCUT2D eigenvalue weighted by Crippen LogP contribution is -2.02. The quantitative estimate of drug-likeness (QED) is 0.0900. The Bertz CT molecular complexity index is 9890. The molecule has 0 aliphatic rings. The van der Waals surface area contributed by atoms with Crippen molar-refractivity contribution in [2.45, 2.75) is 0 Å². The van der Waals surface area contributed by atoms with E-state index in [-0.39, 0.29) is 0 Å².